The van der Waals surface area contributed by atoms with Gasteiger partial charge >= 0.3 is 11.9 Å². The highest BCUT2D eigenvalue weighted by atomic mass is 16.6. The van der Waals surface area contributed by atoms with Crippen LogP contribution in [-0.2, 0) is 23.8 Å². The molecule has 0 atom stereocenters. The average Bonchev–Trinajstić information content (AvgIpc) is 1.99. The number of carbonyl (C=O) groups excluding carboxylic acids is 2. The largest absolute Gasteiger partial charge is 0.462 e. The first-order valence-corrected chi connectivity index (χ1v) is 3.71. The van der Waals surface area contributed by atoms with Gasteiger partial charge in [-0.2, -0.15) is 0 Å². The van der Waals surface area contributed by atoms with Gasteiger partial charge in [-0.1, -0.05) is 0 Å². The second kappa shape index (κ2) is 10.9. The zero-order chi connectivity index (χ0) is 10.7. The molecule has 0 aromatic rings. The second-order valence-corrected chi connectivity index (χ2v) is 2.09. The van der Waals surface area contributed by atoms with Crippen molar-refractivity contribution in [2.45, 2.75) is 13.8 Å². The Balaban J connectivity index is 0. The van der Waals surface area contributed by atoms with Crippen molar-refractivity contribution in [2.24, 2.45) is 0 Å². The predicted octanol–water partition coefficient (Wildman–Crippen LogP) is 0.375. The summed E-state index contributed by atoms with van der Waals surface area (Å²) in [6.07, 6.45) is 0. The molecule has 5 heteroatoms. The summed E-state index contributed by atoms with van der Waals surface area (Å²) >= 11 is 0. The summed E-state index contributed by atoms with van der Waals surface area (Å²) in [5.74, 6) is -0.737. The van der Waals surface area contributed by atoms with E-state index in [0.29, 0.717) is 0 Å². The summed E-state index contributed by atoms with van der Waals surface area (Å²) in [6, 6.07) is 0. The molecule has 0 N–H and O–H groups in total. The Morgan fingerprint density at radius 2 is 1.15 bits per heavy atom. The van der Waals surface area contributed by atoms with E-state index in [0.717, 1.165) is 0 Å². The Morgan fingerprint density at radius 1 is 0.923 bits per heavy atom. The quantitative estimate of drug-likeness (QED) is 0.477. The molecule has 0 bridgehead atoms. The number of ether oxygens (including phenoxy) is 3. The standard InChI is InChI=1S/C6H10O4.C2H6O/c1-5(7)9-3-4-10-6(2)8;1-3-2/h3-4H2,1-2H3;1-2H3. The molecule has 0 radical (unpaired) electrons. The van der Waals surface area contributed by atoms with E-state index in [1.807, 2.05) is 0 Å². The number of carbonyl (C=O) groups is 2. The Morgan fingerprint density at radius 3 is 1.31 bits per heavy atom. The third-order valence-corrected chi connectivity index (χ3v) is 0.694. The Kier molecular flexibility index (Phi) is 12.1. The summed E-state index contributed by atoms with van der Waals surface area (Å²) in [5.41, 5.74) is 0. The maximum Gasteiger partial charge on any atom is 0.302 e. The Bertz CT molecular complexity index is 127. The van der Waals surface area contributed by atoms with Gasteiger partial charge in [0.15, 0.2) is 0 Å². The van der Waals surface area contributed by atoms with Crippen molar-refractivity contribution in [3.63, 3.8) is 0 Å². The minimum Gasteiger partial charge on any atom is -0.462 e. The van der Waals surface area contributed by atoms with Gasteiger partial charge in [0.05, 0.1) is 0 Å². The van der Waals surface area contributed by atoms with Gasteiger partial charge in [0, 0.05) is 28.1 Å². The average molecular weight is 192 g/mol. The van der Waals surface area contributed by atoms with Crippen LogP contribution in [0.5, 0.6) is 0 Å². The van der Waals surface area contributed by atoms with Crippen LogP contribution in [0, 0.1) is 0 Å². The fourth-order valence-electron chi connectivity index (χ4n) is 0.371. The summed E-state index contributed by atoms with van der Waals surface area (Å²) in [5, 5.41) is 0. The molecule has 0 spiro atoms. The zero-order valence-electron chi connectivity index (χ0n) is 8.46. The third kappa shape index (κ3) is 24.8. The van der Waals surface area contributed by atoms with Crippen LogP contribution in [0.1, 0.15) is 13.8 Å². The van der Waals surface area contributed by atoms with Gasteiger partial charge in [-0.3, -0.25) is 9.59 Å². The summed E-state index contributed by atoms with van der Waals surface area (Å²) in [7, 11) is 3.25. The molecule has 78 valence electrons. The normalized spacial score (nSPS) is 8.00. The first kappa shape index (κ1) is 14.4. The fraction of sp³-hybridized carbons (Fsp3) is 0.750. The van der Waals surface area contributed by atoms with E-state index in [4.69, 9.17) is 0 Å². The first-order valence-electron chi connectivity index (χ1n) is 3.71. The van der Waals surface area contributed by atoms with Crippen LogP contribution in [0.2, 0.25) is 0 Å². The number of hydrogen-bond donors (Lipinski definition) is 0. The zero-order valence-corrected chi connectivity index (χ0v) is 8.46. The molecule has 0 heterocycles. The van der Waals surface area contributed by atoms with Gasteiger partial charge in [-0.05, 0) is 0 Å². The molecular formula is C8H16O5. The lowest BCUT2D eigenvalue weighted by atomic mass is 10.7. The van der Waals surface area contributed by atoms with Crippen LogP contribution in [-0.4, -0.2) is 39.4 Å². The van der Waals surface area contributed by atoms with E-state index in [1.165, 1.54) is 13.8 Å². The molecule has 5 nitrogen and oxygen atoms in total. The lowest BCUT2D eigenvalue weighted by Crippen LogP contribution is -2.09. The van der Waals surface area contributed by atoms with Crippen molar-refractivity contribution in [3.8, 4) is 0 Å². The Labute approximate surface area is 78.0 Å². The molecule has 0 unspecified atom stereocenters. The van der Waals surface area contributed by atoms with Crippen molar-refractivity contribution >= 4 is 11.9 Å². The number of rotatable bonds is 3. The van der Waals surface area contributed by atoms with Gasteiger partial charge < -0.3 is 14.2 Å². The molecule has 0 aromatic carbocycles. The van der Waals surface area contributed by atoms with Gasteiger partial charge in [0.1, 0.15) is 13.2 Å². The lowest BCUT2D eigenvalue weighted by Gasteiger charge is -2.00. The van der Waals surface area contributed by atoms with Crippen molar-refractivity contribution in [1.82, 2.24) is 0 Å². The molecule has 0 rings (SSSR count). The van der Waals surface area contributed by atoms with Crippen LogP contribution >= 0.6 is 0 Å². The van der Waals surface area contributed by atoms with Gasteiger partial charge in [-0.15, -0.1) is 0 Å². The van der Waals surface area contributed by atoms with Crippen LogP contribution in [0.25, 0.3) is 0 Å². The molecule has 13 heavy (non-hydrogen) atoms. The van der Waals surface area contributed by atoms with Crippen LogP contribution < -0.4 is 0 Å². The van der Waals surface area contributed by atoms with Crippen molar-refractivity contribution in [1.29, 1.82) is 0 Å². The fourth-order valence-corrected chi connectivity index (χ4v) is 0.371. The highest BCUT2D eigenvalue weighted by Gasteiger charge is 1.94. The smallest absolute Gasteiger partial charge is 0.302 e. The van der Waals surface area contributed by atoms with Crippen LogP contribution in [0.3, 0.4) is 0 Å². The molecule has 0 saturated carbocycles. The van der Waals surface area contributed by atoms with E-state index in [9.17, 15) is 9.59 Å². The van der Waals surface area contributed by atoms with E-state index in [-0.39, 0.29) is 25.2 Å². The van der Waals surface area contributed by atoms with Crippen molar-refractivity contribution < 1.29 is 23.8 Å². The molecule has 0 fully saturated rings. The molecule has 0 aliphatic carbocycles. The van der Waals surface area contributed by atoms with Gasteiger partial charge in [-0.25, -0.2) is 0 Å². The topological polar surface area (TPSA) is 61.8 Å². The highest BCUT2D eigenvalue weighted by molar-refractivity contribution is 5.66. The van der Waals surface area contributed by atoms with Crippen LogP contribution in [0.15, 0.2) is 0 Å². The third-order valence-electron chi connectivity index (χ3n) is 0.694. The molecule has 0 aromatic heterocycles. The molecular weight excluding hydrogens is 176 g/mol. The molecule has 0 saturated heterocycles. The minimum atomic E-state index is -0.368. The minimum absolute atomic E-state index is 0.134. The predicted molar refractivity (Wildman–Crippen MR) is 46.2 cm³/mol. The second-order valence-electron chi connectivity index (χ2n) is 2.09. The number of hydrogen-bond acceptors (Lipinski definition) is 5. The van der Waals surface area contributed by atoms with E-state index in [2.05, 4.69) is 14.2 Å². The molecule has 0 aliphatic rings. The molecule has 0 aliphatic heterocycles. The maximum atomic E-state index is 10.1. The van der Waals surface area contributed by atoms with Crippen LogP contribution in [0.4, 0.5) is 0 Å². The summed E-state index contributed by atoms with van der Waals surface area (Å²) in [4.78, 5) is 20.3. The number of methoxy groups -OCH3 is 1. The summed E-state index contributed by atoms with van der Waals surface area (Å²) in [6.45, 7) is 2.87. The first-order chi connectivity index (χ1) is 6.04. The highest BCUT2D eigenvalue weighted by Crippen LogP contribution is 1.79. The number of esters is 2. The van der Waals surface area contributed by atoms with E-state index >= 15 is 0 Å². The summed E-state index contributed by atoms with van der Waals surface area (Å²) < 4.78 is 13.2. The van der Waals surface area contributed by atoms with Crippen molar-refractivity contribution in [2.75, 3.05) is 27.4 Å². The SMILES string of the molecule is CC(=O)OCCOC(C)=O.COC. The lowest BCUT2D eigenvalue weighted by molar-refractivity contribution is -0.149. The van der Waals surface area contributed by atoms with Gasteiger partial charge in [0.2, 0.25) is 0 Å². The van der Waals surface area contributed by atoms with E-state index in [1.54, 1.807) is 14.2 Å². The molecule has 0 amide bonds. The monoisotopic (exact) mass is 192 g/mol. The van der Waals surface area contributed by atoms with E-state index < -0.39 is 0 Å². The Hall–Kier alpha value is -1.10. The maximum absolute atomic E-state index is 10.1. The van der Waals surface area contributed by atoms with Crippen molar-refractivity contribution in [3.05, 3.63) is 0 Å². The van der Waals surface area contributed by atoms with Gasteiger partial charge in [0.25, 0.3) is 0 Å².